The topological polar surface area (TPSA) is 57.5 Å². The molecule has 160 valence electrons. The van der Waals surface area contributed by atoms with Crippen molar-refractivity contribution in [1.29, 1.82) is 0 Å². The predicted octanol–water partition coefficient (Wildman–Crippen LogP) is 3.34. The van der Waals surface area contributed by atoms with Gasteiger partial charge in [0.2, 0.25) is 0 Å². The van der Waals surface area contributed by atoms with E-state index >= 15 is 0 Å². The van der Waals surface area contributed by atoms with Gasteiger partial charge in [0.25, 0.3) is 0 Å². The Kier molecular flexibility index (Phi) is 10.5. The van der Waals surface area contributed by atoms with Crippen LogP contribution in [0.1, 0.15) is 37.8 Å². The van der Waals surface area contributed by atoms with Crippen LogP contribution in [-0.4, -0.2) is 53.4 Å². The second-order valence-electron chi connectivity index (χ2n) is 7.50. The van der Waals surface area contributed by atoms with E-state index in [4.69, 9.17) is 4.99 Å². The lowest BCUT2D eigenvalue weighted by molar-refractivity contribution is 0.324. The third kappa shape index (κ3) is 7.62. The van der Waals surface area contributed by atoms with E-state index in [-0.39, 0.29) is 24.0 Å². The number of benzene rings is 1. The van der Waals surface area contributed by atoms with Crippen molar-refractivity contribution in [2.45, 2.75) is 39.8 Å². The molecular formula is C22H35IN6. The van der Waals surface area contributed by atoms with E-state index < -0.39 is 0 Å². The molecule has 29 heavy (non-hydrogen) atoms. The number of aliphatic imine (C=N–C) groups is 1. The van der Waals surface area contributed by atoms with Gasteiger partial charge in [0, 0.05) is 32.0 Å². The molecule has 2 aromatic rings. The SMILES string of the molecule is CCCN1CCC(CNC(=NCc2ccccc2Cn2cccn2)NCC)C1.I. The highest BCUT2D eigenvalue weighted by Crippen LogP contribution is 2.15. The summed E-state index contributed by atoms with van der Waals surface area (Å²) in [6, 6.07) is 10.4. The van der Waals surface area contributed by atoms with Crippen LogP contribution in [0.5, 0.6) is 0 Å². The summed E-state index contributed by atoms with van der Waals surface area (Å²) in [4.78, 5) is 7.41. The maximum absolute atomic E-state index is 4.84. The number of hydrogen-bond acceptors (Lipinski definition) is 3. The molecular weight excluding hydrogens is 475 g/mol. The first-order valence-electron chi connectivity index (χ1n) is 10.6. The van der Waals surface area contributed by atoms with Gasteiger partial charge in [-0.2, -0.15) is 5.10 Å². The molecule has 0 bridgehead atoms. The smallest absolute Gasteiger partial charge is 0.191 e. The third-order valence-corrected chi connectivity index (χ3v) is 5.23. The Balaban J connectivity index is 0.00000300. The maximum Gasteiger partial charge on any atom is 0.191 e. The molecule has 1 saturated heterocycles. The van der Waals surface area contributed by atoms with Crippen molar-refractivity contribution in [3.05, 3.63) is 53.9 Å². The molecule has 0 spiro atoms. The molecule has 1 aromatic heterocycles. The average Bonchev–Trinajstić information content (AvgIpc) is 3.37. The van der Waals surface area contributed by atoms with E-state index in [0.29, 0.717) is 12.5 Å². The number of aromatic nitrogens is 2. The Morgan fingerprint density at radius 2 is 2.00 bits per heavy atom. The number of guanidine groups is 1. The fraction of sp³-hybridized carbons (Fsp3) is 0.545. The van der Waals surface area contributed by atoms with Gasteiger partial charge in [0.05, 0.1) is 13.1 Å². The minimum Gasteiger partial charge on any atom is -0.357 e. The molecule has 1 atom stereocenters. The highest BCUT2D eigenvalue weighted by atomic mass is 127. The maximum atomic E-state index is 4.84. The number of hydrogen-bond donors (Lipinski definition) is 2. The van der Waals surface area contributed by atoms with Crippen LogP contribution in [-0.2, 0) is 13.1 Å². The Labute approximate surface area is 192 Å². The third-order valence-electron chi connectivity index (χ3n) is 5.23. The van der Waals surface area contributed by atoms with Crippen molar-refractivity contribution in [1.82, 2.24) is 25.3 Å². The van der Waals surface area contributed by atoms with Crippen LogP contribution < -0.4 is 10.6 Å². The summed E-state index contributed by atoms with van der Waals surface area (Å²) in [7, 11) is 0. The van der Waals surface area contributed by atoms with Gasteiger partial charge in [-0.1, -0.05) is 31.2 Å². The summed E-state index contributed by atoms with van der Waals surface area (Å²) in [6.45, 7) is 11.3. The van der Waals surface area contributed by atoms with Crippen LogP contribution in [0.15, 0.2) is 47.7 Å². The lowest BCUT2D eigenvalue weighted by Crippen LogP contribution is -2.40. The van der Waals surface area contributed by atoms with Gasteiger partial charge in [0.15, 0.2) is 5.96 Å². The molecule has 2 heterocycles. The van der Waals surface area contributed by atoms with E-state index in [0.717, 1.165) is 25.6 Å². The van der Waals surface area contributed by atoms with Gasteiger partial charge in [-0.15, -0.1) is 24.0 Å². The zero-order valence-corrected chi connectivity index (χ0v) is 20.0. The molecule has 0 saturated carbocycles. The van der Waals surface area contributed by atoms with Crippen LogP contribution in [0.25, 0.3) is 0 Å². The Hall–Kier alpha value is -1.61. The Morgan fingerprint density at radius 1 is 1.17 bits per heavy atom. The van der Waals surface area contributed by atoms with Crippen LogP contribution in [0.3, 0.4) is 0 Å². The van der Waals surface area contributed by atoms with Gasteiger partial charge in [0.1, 0.15) is 0 Å². The number of likely N-dealkylation sites (tertiary alicyclic amines) is 1. The van der Waals surface area contributed by atoms with Gasteiger partial charge < -0.3 is 15.5 Å². The molecule has 7 heteroatoms. The summed E-state index contributed by atoms with van der Waals surface area (Å²) in [5.74, 6) is 1.62. The Bertz CT molecular complexity index is 731. The summed E-state index contributed by atoms with van der Waals surface area (Å²) in [5.41, 5.74) is 2.50. The molecule has 1 aliphatic heterocycles. The molecule has 0 aliphatic carbocycles. The summed E-state index contributed by atoms with van der Waals surface area (Å²) in [5, 5.41) is 11.3. The lowest BCUT2D eigenvalue weighted by Gasteiger charge is -2.17. The van der Waals surface area contributed by atoms with Crippen LogP contribution in [0.4, 0.5) is 0 Å². The van der Waals surface area contributed by atoms with Crippen molar-refractivity contribution >= 4 is 29.9 Å². The van der Waals surface area contributed by atoms with Gasteiger partial charge in [-0.25, -0.2) is 4.99 Å². The summed E-state index contributed by atoms with van der Waals surface area (Å²) >= 11 is 0. The van der Waals surface area contributed by atoms with E-state index in [1.54, 1.807) is 0 Å². The first-order valence-corrected chi connectivity index (χ1v) is 10.6. The second kappa shape index (κ2) is 12.8. The molecule has 1 aromatic carbocycles. The number of rotatable bonds is 9. The first kappa shape index (κ1) is 23.7. The monoisotopic (exact) mass is 510 g/mol. The fourth-order valence-corrected chi connectivity index (χ4v) is 3.78. The quantitative estimate of drug-likeness (QED) is 0.309. The van der Waals surface area contributed by atoms with E-state index in [1.807, 2.05) is 23.1 Å². The zero-order chi connectivity index (χ0) is 19.6. The second-order valence-corrected chi connectivity index (χ2v) is 7.50. The molecule has 1 fully saturated rings. The molecule has 6 nitrogen and oxygen atoms in total. The standard InChI is InChI=1S/C22H34N6.HI/c1-3-12-27-14-10-19(17-27)15-24-22(23-4-2)25-16-20-8-5-6-9-21(20)18-28-13-7-11-26-28;/h5-9,11,13,19H,3-4,10,12,14-18H2,1-2H3,(H2,23,24,25);1H. The fourth-order valence-electron chi connectivity index (χ4n) is 3.78. The highest BCUT2D eigenvalue weighted by molar-refractivity contribution is 14.0. The van der Waals surface area contributed by atoms with Crippen molar-refractivity contribution in [3.8, 4) is 0 Å². The van der Waals surface area contributed by atoms with E-state index in [2.05, 4.69) is 58.7 Å². The lowest BCUT2D eigenvalue weighted by atomic mass is 10.1. The van der Waals surface area contributed by atoms with Crippen molar-refractivity contribution in [2.75, 3.05) is 32.7 Å². The van der Waals surface area contributed by atoms with E-state index in [9.17, 15) is 0 Å². The van der Waals surface area contributed by atoms with Gasteiger partial charge in [-0.3, -0.25) is 4.68 Å². The minimum atomic E-state index is 0. The molecule has 1 unspecified atom stereocenters. The predicted molar refractivity (Wildman–Crippen MR) is 131 cm³/mol. The van der Waals surface area contributed by atoms with Gasteiger partial charge >= 0.3 is 0 Å². The van der Waals surface area contributed by atoms with E-state index in [1.165, 1.54) is 43.6 Å². The number of nitrogens with one attached hydrogen (secondary N) is 2. The van der Waals surface area contributed by atoms with Crippen molar-refractivity contribution in [2.24, 2.45) is 10.9 Å². The van der Waals surface area contributed by atoms with Crippen molar-refractivity contribution in [3.63, 3.8) is 0 Å². The molecule has 3 rings (SSSR count). The molecule has 0 radical (unpaired) electrons. The zero-order valence-electron chi connectivity index (χ0n) is 17.7. The largest absolute Gasteiger partial charge is 0.357 e. The number of nitrogens with zero attached hydrogens (tertiary/aromatic N) is 4. The van der Waals surface area contributed by atoms with Gasteiger partial charge in [-0.05, 0) is 56.0 Å². The molecule has 2 N–H and O–H groups in total. The van der Waals surface area contributed by atoms with Crippen LogP contribution in [0, 0.1) is 5.92 Å². The summed E-state index contributed by atoms with van der Waals surface area (Å²) in [6.07, 6.45) is 6.33. The number of halogens is 1. The molecule has 0 amide bonds. The summed E-state index contributed by atoms with van der Waals surface area (Å²) < 4.78 is 1.95. The van der Waals surface area contributed by atoms with Crippen LogP contribution in [0.2, 0.25) is 0 Å². The average molecular weight is 510 g/mol. The van der Waals surface area contributed by atoms with Crippen LogP contribution >= 0.6 is 24.0 Å². The van der Waals surface area contributed by atoms with Crippen molar-refractivity contribution < 1.29 is 0 Å². The highest BCUT2D eigenvalue weighted by Gasteiger charge is 2.21. The normalized spacial score (nSPS) is 17.2. The Morgan fingerprint density at radius 3 is 2.72 bits per heavy atom. The molecule has 1 aliphatic rings. The minimum absolute atomic E-state index is 0. The first-order chi connectivity index (χ1) is 13.8.